The Morgan fingerprint density at radius 3 is 2.80 bits per heavy atom. The quantitative estimate of drug-likeness (QED) is 0.558. The average Bonchev–Trinajstić information content (AvgIpc) is 1.85. The van der Waals surface area contributed by atoms with E-state index in [0.717, 1.165) is 0 Å². The maximum absolute atomic E-state index is 10.0. The van der Waals surface area contributed by atoms with Crippen molar-refractivity contribution in [2.24, 2.45) is 5.73 Å². The van der Waals surface area contributed by atoms with Gasteiger partial charge in [-0.15, -0.1) is 6.58 Å². The summed E-state index contributed by atoms with van der Waals surface area (Å²) in [5.41, 5.74) is 5.50. The Morgan fingerprint density at radius 1 is 1.80 bits per heavy atom. The van der Waals surface area contributed by atoms with Gasteiger partial charge in [-0.3, -0.25) is 4.79 Å². The molecule has 0 bridgehead atoms. The lowest BCUT2D eigenvalue weighted by molar-refractivity contribution is -0.137. The van der Waals surface area contributed by atoms with Gasteiger partial charge in [0.25, 0.3) is 0 Å². The predicted octanol–water partition coefficient (Wildman–Crippen LogP) is 0.755. The molecule has 0 aliphatic rings. The van der Waals surface area contributed by atoms with Crippen LogP contribution in [0.1, 0.15) is 19.3 Å². The zero-order valence-electron chi connectivity index (χ0n) is 5.92. The number of hydrogen-bond donors (Lipinski definition) is 2. The minimum absolute atomic E-state index is 0.0476. The number of carboxylic acid groups (broad SMARTS) is 1. The highest BCUT2D eigenvalue weighted by molar-refractivity contribution is 5.66. The molecular formula is C7H13NO2. The van der Waals surface area contributed by atoms with Gasteiger partial charge in [0.2, 0.25) is 0 Å². The molecule has 0 saturated carbocycles. The molecule has 0 amide bonds. The summed E-state index contributed by atoms with van der Waals surface area (Å²) < 4.78 is 0. The Labute approximate surface area is 60.5 Å². The Morgan fingerprint density at radius 2 is 2.40 bits per heavy atom. The summed E-state index contributed by atoms with van der Waals surface area (Å²) in [7, 11) is 0. The van der Waals surface area contributed by atoms with Gasteiger partial charge in [-0.2, -0.15) is 0 Å². The van der Waals surface area contributed by atoms with Gasteiger partial charge in [0, 0.05) is 12.5 Å². The first kappa shape index (κ1) is 9.17. The van der Waals surface area contributed by atoms with Gasteiger partial charge >= 0.3 is 5.97 Å². The fourth-order valence-corrected chi connectivity index (χ4v) is 0.641. The maximum atomic E-state index is 10.0. The molecule has 0 heterocycles. The van der Waals surface area contributed by atoms with E-state index >= 15 is 0 Å². The molecule has 0 aromatic carbocycles. The molecule has 0 spiro atoms. The summed E-state index contributed by atoms with van der Waals surface area (Å²) in [6.45, 7) is 3.50. The molecule has 0 aromatic rings. The third kappa shape index (κ3) is 5.31. The summed E-state index contributed by atoms with van der Waals surface area (Å²) in [5, 5.41) is 8.25. The summed E-state index contributed by atoms with van der Waals surface area (Å²) in [5.74, 6) is -0.792. The van der Waals surface area contributed by atoms with Crippen LogP contribution in [0.5, 0.6) is 0 Å². The molecule has 58 valence electrons. The van der Waals surface area contributed by atoms with Crippen LogP contribution >= 0.6 is 0 Å². The average molecular weight is 143 g/mol. The van der Waals surface area contributed by atoms with Gasteiger partial charge in [0.15, 0.2) is 0 Å². The minimum atomic E-state index is -0.792. The molecule has 0 rings (SSSR count). The smallest absolute Gasteiger partial charge is 0.303 e. The molecule has 0 fully saturated rings. The summed E-state index contributed by atoms with van der Waals surface area (Å²) >= 11 is 0. The Hall–Kier alpha value is -0.830. The van der Waals surface area contributed by atoms with Crippen LogP contribution in [-0.2, 0) is 4.79 Å². The van der Waals surface area contributed by atoms with Crippen molar-refractivity contribution in [3.63, 3.8) is 0 Å². The molecule has 0 radical (unpaired) electrons. The van der Waals surface area contributed by atoms with E-state index < -0.39 is 5.97 Å². The van der Waals surface area contributed by atoms with Crippen LogP contribution in [-0.4, -0.2) is 17.1 Å². The number of rotatable bonds is 5. The molecule has 0 aromatic heterocycles. The molecule has 10 heavy (non-hydrogen) atoms. The fourth-order valence-electron chi connectivity index (χ4n) is 0.641. The SMILES string of the molecule is C=CCC(N)CCC(=O)O. The molecular weight excluding hydrogens is 130 g/mol. The highest BCUT2D eigenvalue weighted by Gasteiger charge is 2.02. The third-order valence-corrected chi connectivity index (χ3v) is 1.20. The second-order valence-electron chi connectivity index (χ2n) is 2.22. The van der Waals surface area contributed by atoms with Gasteiger partial charge < -0.3 is 10.8 Å². The number of carbonyl (C=O) groups is 1. The molecule has 0 aliphatic heterocycles. The van der Waals surface area contributed by atoms with E-state index in [4.69, 9.17) is 10.8 Å². The third-order valence-electron chi connectivity index (χ3n) is 1.20. The second kappa shape index (κ2) is 4.99. The monoisotopic (exact) mass is 143 g/mol. The molecule has 3 nitrogen and oxygen atoms in total. The van der Waals surface area contributed by atoms with Gasteiger partial charge in [0.1, 0.15) is 0 Å². The molecule has 0 saturated heterocycles. The predicted molar refractivity (Wildman–Crippen MR) is 39.7 cm³/mol. The topological polar surface area (TPSA) is 63.3 Å². The van der Waals surface area contributed by atoms with E-state index in [1.165, 1.54) is 0 Å². The molecule has 3 N–H and O–H groups in total. The maximum Gasteiger partial charge on any atom is 0.303 e. The van der Waals surface area contributed by atoms with Gasteiger partial charge in [-0.05, 0) is 12.8 Å². The lowest BCUT2D eigenvalue weighted by atomic mass is 10.1. The highest BCUT2D eigenvalue weighted by Crippen LogP contribution is 1.98. The fraction of sp³-hybridized carbons (Fsp3) is 0.571. The first-order valence-corrected chi connectivity index (χ1v) is 3.25. The number of hydrogen-bond acceptors (Lipinski definition) is 2. The zero-order chi connectivity index (χ0) is 7.98. The van der Waals surface area contributed by atoms with Crippen molar-refractivity contribution >= 4 is 5.97 Å². The van der Waals surface area contributed by atoms with Crippen molar-refractivity contribution in [2.45, 2.75) is 25.3 Å². The highest BCUT2D eigenvalue weighted by atomic mass is 16.4. The van der Waals surface area contributed by atoms with Crippen LogP contribution in [0.4, 0.5) is 0 Å². The van der Waals surface area contributed by atoms with Gasteiger partial charge in [-0.25, -0.2) is 0 Å². The van der Waals surface area contributed by atoms with E-state index in [2.05, 4.69) is 6.58 Å². The number of nitrogens with two attached hydrogens (primary N) is 1. The van der Waals surface area contributed by atoms with E-state index in [9.17, 15) is 4.79 Å². The summed E-state index contributed by atoms with van der Waals surface area (Å²) in [6.07, 6.45) is 3.07. The van der Waals surface area contributed by atoms with E-state index in [0.29, 0.717) is 12.8 Å². The van der Waals surface area contributed by atoms with E-state index in [-0.39, 0.29) is 12.5 Å². The van der Waals surface area contributed by atoms with Crippen LogP contribution in [0.15, 0.2) is 12.7 Å². The summed E-state index contributed by atoms with van der Waals surface area (Å²) in [6, 6.07) is -0.0476. The summed E-state index contributed by atoms with van der Waals surface area (Å²) in [4.78, 5) is 10.0. The van der Waals surface area contributed by atoms with Crippen molar-refractivity contribution in [3.05, 3.63) is 12.7 Å². The Bertz CT molecular complexity index is 123. The van der Waals surface area contributed by atoms with E-state index in [1.54, 1.807) is 6.08 Å². The first-order valence-electron chi connectivity index (χ1n) is 3.25. The number of carboxylic acids is 1. The van der Waals surface area contributed by atoms with Crippen LogP contribution in [0.3, 0.4) is 0 Å². The number of aliphatic carboxylic acids is 1. The largest absolute Gasteiger partial charge is 0.481 e. The van der Waals surface area contributed by atoms with Crippen molar-refractivity contribution in [2.75, 3.05) is 0 Å². The van der Waals surface area contributed by atoms with Crippen molar-refractivity contribution < 1.29 is 9.90 Å². The first-order chi connectivity index (χ1) is 4.66. The van der Waals surface area contributed by atoms with Gasteiger partial charge in [-0.1, -0.05) is 6.08 Å². The van der Waals surface area contributed by atoms with Crippen molar-refractivity contribution in [1.82, 2.24) is 0 Å². The normalized spacial score (nSPS) is 12.5. The lowest BCUT2D eigenvalue weighted by Crippen LogP contribution is -2.19. The van der Waals surface area contributed by atoms with Crippen LogP contribution < -0.4 is 5.73 Å². The van der Waals surface area contributed by atoms with E-state index in [1.807, 2.05) is 0 Å². The van der Waals surface area contributed by atoms with Gasteiger partial charge in [0.05, 0.1) is 0 Å². The minimum Gasteiger partial charge on any atom is -0.481 e. The van der Waals surface area contributed by atoms with Crippen molar-refractivity contribution in [1.29, 1.82) is 0 Å². The van der Waals surface area contributed by atoms with Crippen LogP contribution in [0.2, 0.25) is 0 Å². The molecule has 1 unspecified atom stereocenters. The molecule has 1 atom stereocenters. The van der Waals surface area contributed by atoms with Crippen LogP contribution in [0, 0.1) is 0 Å². The van der Waals surface area contributed by atoms with Crippen molar-refractivity contribution in [3.8, 4) is 0 Å². The zero-order valence-corrected chi connectivity index (χ0v) is 5.92. The Balaban J connectivity index is 3.29. The Kier molecular flexibility index (Phi) is 4.58. The standard InChI is InChI=1S/C7H13NO2/c1-2-3-6(8)4-5-7(9)10/h2,6H,1,3-5,8H2,(H,9,10). The molecule has 0 aliphatic carbocycles. The van der Waals surface area contributed by atoms with Crippen LogP contribution in [0.25, 0.3) is 0 Å². The lowest BCUT2D eigenvalue weighted by Gasteiger charge is -2.04. The second-order valence-corrected chi connectivity index (χ2v) is 2.22. The molecule has 3 heteroatoms.